The molecular formula is C15H29N3O2. The molecule has 1 unspecified atom stereocenters. The smallest absolute Gasteiger partial charge is 0.324 e. The van der Waals surface area contributed by atoms with E-state index in [4.69, 9.17) is 0 Å². The van der Waals surface area contributed by atoms with Gasteiger partial charge >= 0.3 is 5.97 Å². The van der Waals surface area contributed by atoms with E-state index < -0.39 is 11.5 Å². The van der Waals surface area contributed by atoms with Gasteiger partial charge in [0.15, 0.2) is 0 Å². The van der Waals surface area contributed by atoms with E-state index in [1.54, 1.807) is 0 Å². The van der Waals surface area contributed by atoms with E-state index in [1.165, 1.54) is 0 Å². The third-order valence-corrected chi connectivity index (χ3v) is 4.97. The van der Waals surface area contributed by atoms with Crippen molar-refractivity contribution >= 4 is 5.97 Å². The maximum absolute atomic E-state index is 11.8. The zero-order valence-electron chi connectivity index (χ0n) is 13.0. The number of hydrogen-bond acceptors (Lipinski definition) is 4. The van der Waals surface area contributed by atoms with Crippen molar-refractivity contribution in [3.8, 4) is 0 Å². The van der Waals surface area contributed by atoms with Gasteiger partial charge in [0.1, 0.15) is 5.54 Å². The molecule has 0 saturated carbocycles. The lowest BCUT2D eigenvalue weighted by atomic mass is 9.90. The summed E-state index contributed by atoms with van der Waals surface area (Å²) in [7, 11) is 2.16. The minimum atomic E-state index is -0.616. The van der Waals surface area contributed by atoms with E-state index in [2.05, 4.69) is 28.7 Å². The molecule has 0 aromatic heterocycles. The number of piperazine rings is 1. The number of aliphatic carboxylic acids is 1. The molecule has 2 fully saturated rings. The van der Waals surface area contributed by atoms with Gasteiger partial charge in [0, 0.05) is 39.3 Å². The van der Waals surface area contributed by atoms with Crippen molar-refractivity contribution in [1.29, 1.82) is 0 Å². The second kappa shape index (κ2) is 6.87. The molecule has 2 aliphatic heterocycles. The van der Waals surface area contributed by atoms with Crippen molar-refractivity contribution in [1.82, 2.24) is 14.7 Å². The summed E-state index contributed by atoms with van der Waals surface area (Å²) in [4.78, 5) is 18.8. The summed E-state index contributed by atoms with van der Waals surface area (Å²) in [5, 5.41) is 9.68. The number of likely N-dealkylation sites (tertiary alicyclic amines) is 1. The second-order valence-electron chi connectivity index (χ2n) is 6.32. The number of carboxylic acids is 1. The van der Waals surface area contributed by atoms with E-state index in [-0.39, 0.29) is 0 Å². The van der Waals surface area contributed by atoms with Gasteiger partial charge in [-0.3, -0.25) is 14.6 Å². The number of carbonyl (C=O) groups is 1. The van der Waals surface area contributed by atoms with E-state index in [0.717, 1.165) is 71.5 Å². The molecular weight excluding hydrogens is 254 g/mol. The van der Waals surface area contributed by atoms with Gasteiger partial charge in [-0.1, -0.05) is 13.3 Å². The zero-order valence-corrected chi connectivity index (χ0v) is 13.0. The predicted molar refractivity (Wildman–Crippen MR) is 80.0 cm³/mol. The summed E-state index contributed by atoms with van der Waals surface area (Å²) < 4.78 is 0. The summed E-state index contributed by atoms with van der Waals surface area (Å²) in [5.41, 5.74) is -0.582. The molecule has 2 rings (SSSR count). The molecule has 0 aromatic rings. The van der Waals surface area contributed by atoms with Crippen LogP contribution in [0.5, 0.6) is 0 Å². The Morgan fingerprint density at radius 2 is 1.85 bits per heavy atom. The Labute approximate surface area is 122 Å². The maximum Gasteiger partial charge on any atom is 0.324 e. The molecule has 0 aromatic carbocycles. The van der Waals surface area contributed by atoms with Crippen molar-refractivity contribution < 1.29 is 9.90 Å². The second-order valence-corrected chi connectivity index (χ2v) is 6.32. The first-order valence-corrected chi connectivity index (χ1v) is 7.98. The fourth-order valence-corrected chi connectivity index (χ4v) is 3.64. The van der Waals surface area contributed by atoms with Gasteiger partial charge in [-0.2, -0.15) is 0 Å². The Morgan fingerprint density at radius 3 is 2.45 bits per heavy atom. The van der Waals surface area contributed by atoms with E-state index in [0.29, 0.717) is 0 Å². The van der Waals surface area contributed by atoms with Crippen LogP contribution in [-0.4, -0.2) is 84.2 Å². The van der Waals surface area contributed by atoms with Crippen LogP contribution in [0.1, 0.15) is 32.6 Å². The number of carboxylic acid groups (broad SMARTS) is 1. The quantitative estimate of drug-likeness (QED) is 0.786. The standard InChI is InChI=1S/C15H29N3O2/c1-3-5-15(14(19)20)6-4-7-18(15)13-12-17-10-8-16(2)9-11-17/h3-13H2,1-2H3,(H,19,20). The summed E-state index contributed by atoms with van der Waals surface area (Å²) in [6.07, 6.45) is 3.57. The van der Waals surface area contributed by atoms with Crippen LogP contribution in [0.3, 0.4) is 0 Å². The zero-order chi connectivity index (χ0) is 14.6. The third kappa shape index (κ3) is 3.32. The number of nitrogens with zero attached hydrogens (tertiary/aromatic N) is 3. The fraction of sp³-hybridized carbons (Fsp3) is 0.933. The Bertz CT molecular complexity index is 329. The number of rotatable bonds is 6. The van der Waals surface area contributed by atoms with Gasteiger partial charge in [0.05, 0.1) is 0 Å². The van der Waals surface area contributed by atoms with Crippen molar-refractivity contribution in [3.63, 3.8) is 0 Å². The highest BCUT2D eigenvalue weighted by Crippen LogP contribution is 2.33. The largest absolute Gasteiger partial charge is 0.480 e. The molecule has 5 heteroatoms. The van der Waals surface area contributed by atoms with Gasteiger partial charge in [0.25, 0.3) is 0 Å². The van der Waals surface area contributed by atoms with Crippen LogP contribution >= 0.6 is 0 Å². The molecule has 0 aliphatic carbocycles. The minimum absolute atomic E-state index is 0.582. The highest BCUT2D eigenvalue weighted by atomic mass is 16.4. The fourth-order valence-electron chi connectivity index (χ4n) is 3.64. The molecule has 0 radical (unpaired) electrons. The summed E-state index contributed by atoms with van der Waals surface area (Å²) in [5.74, 6) is -0.616. The number of likely N-dealkylation sites (N-methyl/N-ethyl adjacent to an activating group) is 1. The molecule has 116 valence electrons. The molecule has 0 spiro atoms. The lowest BCUT2D eigenvalue weighted by molar-refractivity contribution is -0.150. The Kier molecular flexibility index (Phi) is 5.41. The van der Waals surface area contributed by atoms with Crippen LogP contribution in [0.2, 0.25) is 0 Å². The van der Waals surface area contributed by atoms with Gasteiger partial charge in [-0.05, 0) is 32.9 Å². The van der Waals surface area contributed by atoms with Crippen molar-refractivity contribution in [3.05, 3.63) is 0 Å². The van der Waals surface area contributed by atoms with Crippen LogP contribution in [0.15, 0.2) is 0 Å². The molecule has 20 heavy (non-hydrogen) atoms. The van der Waals surface area contributed by atoms with Gasteiger partial charge in [0.2, 0.25) is 0 Å². The highest BCUT2D eigenvalue weighted by Gasteiger charge is 2.46. The topological polar surface area (TPSA) is 47.0 Å². The monoisotopic (exact) mass is 283 g/mol. The van der Waals surface area contributed by atoms with Gasteiger partial charge < -0.3 is 10.0 Å². The predicted octanol–water partition coefficient (Wildman–Crippen LogP) is 0.953. The molecule has 2 heterocycles. The summed E-state index contributed by atoms with van der Waals surface area (Å²) in [6, 6.07) is 0. The van der Waals surface area contributed by atoms with E-state index in [1.807, 2.05) is 0 Å². The first-order chi connectivity index (χ1) is 9.58. The first kappa shape index (κ1) is 15.7. The first-order valence-electron chi connectivity index (χ1n) is 7.98. The maximum atomic E-state index is 11.8. The highest BCUT2D eigenvalue weighted by molar-refractivity contribution is 5.79. The van der Waals surface area contributed by atoms with Crippen LogP contribution in [0.4, 0.5) is 0 Å². The molecule has 0 bridgehead atoms. The molecule has 2 saturated heterocycles. The lowest BCUT2D eigenvalue weighted by Crippen LogP contribution is -2.53. The molecule has 5 nitrogen and oxygen atoms in total. The SMILES string of the molecule is CCCC1(C(=O)O)CCCN1CCN1CCN(C)CC1. The number of hydrogen-bond donors (Lipinski definition) is 1. The Hall–Kier alpha value is -0.650. The van der Waals surface area contributed by atoms with E-state index >= 15 is 0 Å². The average molecular weight is 283 g/mol. The van der Waals surface area contributed by atoms with Gasteiger partial charge in [-0.25, -0.2) is 0 Å². The summed E-state index contributed by atoms with van der Waals surface area (Å²) in [6.45, 7) is 9.40. The van der Waals surface area contributed by atoms with Crippen LogP contribution in [0.25, 0.3) is 0 Å². The molecule has 1 N–H and O–H groups in total. The van der Waals surface area contributed by atoms with Gasteiger partial charge in [-0.15, -0.1) is 0 Å². The minimum Gasteiger partial charge on any atom is -0.480 e. The average Bonchev–Trinajstić information content (AvgIpc) is 2.83. The molecule has 1 atom stereocenters. The van der Waals surface area contributed by atoms with Crippen molar-refractivity contribution in [2.75, 3.05) is 52.9 Å². The lowest BCUT2D eigenvalue weighted by Gasteiger charge is -2.38. The molecule has 2 aliphatic rings. The van der Waals surface area contributed by atoms with Crippen molar-refractivity contribution in [2.45, 2.75) is 38.1 Å². The normalized spacial score (nSPS) is 29.9. The van der Waals surface area contributed by atoms with Crippen LogP contribution < -0.4 is 0 Å². The Morgan fingerprint density at radius 1 is 1.15 bits per heavy atom. The van der Waals surface area contributed by atoms with E-state index in [9.17, 15) is 9.90 Å². The van der Waals surface area contributed by atoms with Crippen LogP contribution in [0, 0.1) is 0 Å². The van der Waals surface area contributed by atoms with Crippen LogP contribution in [-0.2, 0) is 4.79 Å². The Balaban J connectivity index is 1.88. The van der Waals surface area contributed by atoms with Crippen molar-refractivity contribution in [2.24, 2.45) is 0 Å². The molecule has 0 amide bonds. The third-order valence-electron chi connectivity index (χ3n) is 4.97. The summed E-state index contributed by atoms with van der Waals surface area (Å²) >= 11 is 0.